The zero-order valence-electron chi connectivity index (χ0n) is 13.4. The van der Waals surface area contributed by atoms with Gasteiger partial charge < -0.3 is 19.5 Å². The summed E-state index contributed by atoms with van der Waals surface area (Å²) in [5, 5.41) is 2.58. The molecule has 0 radical (unpaired) electrons. The van der Waals surface area contributed by atoms with Crippen molar-refractivity contribution in [2.24, 2.45) is 0 Å². The minimum absolute atomic E-state index is 0.203. The summed E-state index contributed by atoms with van der Waals surface area (Å²) < 4.78 is 15.3. The van der Waals surface area contributed by atoms with Crippen molar-refractivity contribution in [3.8, 4) is 5.75 Å². The smallest absolute Gasteiger partial charge is 0.407 e. The first-order valence-corrected chi connectivity index (χ1v) is 7.45. The van der Waals surface area contributed by atoms with E-state index in [-0.39, 0.29) is 19.8 Å². The molecule has 0 unspecified atom stereocenters. The molecule has 24 heavy (non-hydrogen) atoms. The third kappa shape index (κ3) is 5.31. The summed E-state index contributed by atoms with van der Waals surface area (Å²) in [5.74, 6) is -0.0652. The summed E-state index contributed by atoms with van der Waals surface area (Å²) in [6, 6.07) is 16.2. The monoisotopic (exact) mass is 329 g/mol. The van der Waals surface area contributed by atoms with Crippen LogP contribution in [0.25, 0.3) is 0 Å². The molecule has 126 valence electrons. The summed E-state index contributed by atoms with van der Waals surface area (Å²) in [6.07, 6.45) is -0.524. The normalized spacial score (nSPS) is 9.88. The van der Waals surface area contributed by atoms with E-state index < -0.39 is 12.1 Å². The molecule has 0 aromatic heterocycles. The molecule has 1 amide bonds. The third-order valence-corrected chi connectivity index (χ3v) is 3.13. The van der Waals surface area contributed by atoms with Crippen LogP contribution in [0.1, 0.15) is 15.9 Å². The van der Waals surface area contributed by atoms with Gasteiger partial charge in [0.25, 0.3) is 0 Å². The number of benzene rings is 2. The van der Waals surface area contributed by atoms with Crippen molar-refractivity contribution in [3.63, 3.8) is 0 Å². The van der Waals surface area contributed by atoms with E-state index in [1.807, 2.05) is 30.3 Å². The fourth-order valence-electron chi connectivity index (χ4n) is 1.96. The Morgan fingerprint density at radius 3 is 2.46 bits per heavy atom. The molecule has 0 fully saturated rings. The summed E-state index contributed by atoms with van der Waals surface area (Å²) in [6.45, 7) is 0.663. The molecule has 0 spiro atoms. The van der Waals surface area contributed by atoms with Crippen LogP contribution in [0.5, 0.6) is 5.75 Å². The maximum absolute atomic E-state index is 11.6. The zero-order valence-corrected chi connectivity index (χ0v) is 13.4. The minimum atomic E-state index is -0.524. The highest BCUT2D eigenvalue weighted by Crippen LogP contribution is 2.18. The molecule has 2 aromatic carbocycles. The number of rotatable bonds is 7. The van der Waals surface area contributed by atoms with Crippen molar-refractivity contribution >= 4 is 12.1 Å². The van der Waals surface area contributed by atoms with E-state index >= 15 is 0 Å². The van der Waals surface area contributed by atoms with Crippen molar-refractivity contribution in [1.82, 2.24) is 5.32 Å². The van der Waals surface area contributed by atoms with E-state index in [1.54, 1.807) is 24.3 Å². The van der Waals surface area contributed by atoms with Gasteiger partial charge in [-0.2, -0.15) is 0 Å². The van der Waals surface area contributed by atoms with Crippen molar-refractivity contribution < 1.29 is 23.8 Å². The highest BCUT2D eigenvalue weighted by Gasteiger charge is 2.12. The van der Waals surface area contributed by atoms with Crippen LogP contribution in [0.2, 0.25) is 0 Å². The number of para-hydroxylation sites is 1. The van der Waals surface area contributed by atoms with Crippen molar-refractivity contribution in [2.45, 2.75) is 6.61 Å². The van der Waals surface area contributed by atoms with E-state index in [4.69, 9.17) is 9.47 Å². The zero-order chi connectivity index (χ0) is 17.2. The van der Waals surface area contributed by atoms with E-state index in [1.165, 1.54) is 7.11 Å². The Kier molecular flexibility index (Phi) is 6.64. The predicted molar refractivity (Wildman–Crippen MR) is 87.9 cm³/mol. The van der Waals surface area contributed by atoms with Crippen LogP contribution < -0.4 is 10.1 Å². The van der Waals surface area contributed by atoms with Crippen molar-refractivity contribution in [2.75, 3.05) is 20.3 Å². The Labute approximate surface area is 140 Å². The molecule has 0 aliphatic heterocycles. The van der Waals surface area contributed by atoms with Crippen molar-refractivity contribution in [3.05, 3.63) is 65.7 Å². The van der Waals surface area contributed by atoms with Crippen LogP contribution in [0, 0.1) is 0 Å². The molecule has 0 aliphatic carbocycles. The number of methoxy groups -OCH3 is 1. The van der Waals surface area contributed by atoms with Crippen LogP contribution in [-0.2, 0) is 16.1 Å². The van der Waals surface area contributed by atoms with Gasteiger partial charge in [-0.3, -0.25) is 0 Å². The average molecular weight is 329 g/mol. The molecule has 0 saturated heterocycles. The van der Waals surface area contributed by atoms with Crippen LogP contribution >= 0.6 is 0 Å². The third-order valence-electron chi connectivity index (χ3n) is 3.13. The number of ether oxygens (including phenoxy) is 3. The van der Waals surface area contributed by atoms with Crippen LogP contribution in [0.4, 0.5) is 4.79 Å². The first kappa shape index (κ1) is 17.3. The van der Waals surface area contributed by atoms with Gasteiger partial charge in [0.15, 0.2) is 0 Å². The lowest BCUT2D eigenvalue weighted by Crippen LogP contribution is -2.28. The summed E-state index contributed by atoms with van der Waals surface area (Å²) in [7, 11) is 1.31. The highest BCUT2D eigenvalue weighted by atomic mass is 16.5. The standard InChI is InChI=1S/C18H19NO5/c1-22-17(20)15-9-5-6-10-16(15)23-12-11-19-18(21)24-13-14-7-3-2-4-8-14/h2-10H,11-13H2,1H3,(H,19,21). The molecule has 0 saturated carbocycles. The quantitative estimate of drug-likeness (QED) is 0.624. The Balaban J connectivity index is 1.71. The molecule has 0 atom stereocenters. The fourth-order valence-corrected chi connectivity index (χ4v) is 1.96. The maximum Gasteiger partial charge on any atom is 0.407 e. The van der Waals surface area contributed by atoms with Gasteiger partial charge in [-0.15, -0.1) is 0 Å². The topological polar surface area (TPSA) is 73.9 Å². The predicted octanol–water partition coefficient (Wildman–Crippen LogP) is 2.78. The van der Waals surface area contributed by atoms with Gasteiger partial charge in [0, 0.05) is 0 Å². The number of nitrogens with one attached hydrogen (secondary N) is 1. The molecular formula is C18H19NO5. The average Bonchev–Trinajstić information content (AvgIpc) is 2.64. The Morgan fingerprint density at radius 2 is 1.71 bits per heavy atom. The molecule has 0 aliphatic rings. The van der Waals surface area contributed by atoms with Crippen LogP contribution in [-0.4, -0.2) is 32.3 Å². The number of hydrogen-bond acceptors (Lipinski definition) is 5. The highest BCUT2D eigenvalue weighted by molar-refractivity contribution is 5.92. The van der Waals surface area contributed by atoms with Crippen molar-refractivity contribution in [1.29, 1.82) is 0 Å². The van der Waals surface area contributed by atoms with Crippen LogP contribution in [0.3, 0.4) is 0 Å². The van der Waals surface area contributed by atoms with Gasteiger partial charge in [0.1, 0.15) is 24.5 Å². The summed E-state index contributed by atoms with van der Waals surface area (Å²) in [5.41, 5.74) is 1.25. The Morgan fingerprint density at radius 1 is 1.00 bits per heavy atom. The SMILES string of the molecule is COC(=O)c1ccccc1OCCNC(=O)OCc1ccccc1. The second-order valence-corrected chi connectivity index (χ2v) is 4.82. The van der Waals surface area contributed by atoms with E-state index in [2.05, 4.69) is 10.1 Å². The van der Waals surface area contributed by atoms with Gasteiger partial charge in [0.2, 0.25) is 0 Å². The summed E-state index contributed by atoms with van der Waals surface area (Å²) in [4.78, 5) is 23.2. The molecule has 1 N–H and O–H groups in total. The lowest BCUT2D eigenvalue weighted by molar-refractivity contribution is 0.0595. The minimum Gasteiger partial charge on any atom is -0.491 e. The molecule has 2 rings (SSSR count). The van der Waals surface area contributed by atoms with E-state index in [9.17, 15) is 9.59 Å². The van der Waals surface area contributed by atoms with E-state index in [0.29, 0.717) is 11.3 Å². The van der Waals surface area contributed by atoms with Gasteiger partial charge >= 0.3 is 12.1 Å². The molecule has 2 aromatic rings. The number of esters is 1. The van der Waals surface area contributed by atoms with Crippen LogP contribution in [0.15, 0.2) is 54.6 Å². The number of hydrogen-bond donors (Lipinski definition) is 1. The molecule has 0 bridgehead atoms. The number of alkyl carbamates (subject to hydrolysis) is 1. The largest absolute Gasteiger partial charge is 0.491 e. The maximum atomic E-state index is 11.6. The number of carbonyl (C=O) groups is 2. The fraction of sp³-hybridized carbons (Fsp3) is 0.222. The van der Waals surface area contributed by atoms with Gasteiger partial charge in [-0.1, -0.05) is 42.5 Å². The summed E-state index contributed by atoms with van der Waals surface area (Å²) >= 11 is 0. The van der Waals surface area contributed by atoms with E-state index in [0.717, 1.165) is 5.56 Å². The van der Waals surface area contributed by atoms with Gasteiger partial charge in [0.05, 0.1) is 13.7 Å². The van der Waals surface area contributed by atoms with Gasteiger partial charge in [-0.25, -0.2) is 9.59 Å². The number of amides is 1. The second kappa shape index (κ2) is 9.19. The first-order chi connectivity index (χ1) is 11.7. The Bertz CT molecular complexity index is 672. The number of carbonyl (C=O) groups excluding carboxylic acids is 2. The Hall–Kier alpha value is -3.02. The second-order valence-electron chi connectivity index (χ2n) is 4.82. The molecular weight excluding hydrogens is 310 g/mol. The molecule has 0 heterocycles. The molecule has 6 nitrogen and oxygen atoms in total. The first-order valence-electron chi connectivity index (χ1n) is 7.45. The lowest BCUT2D eigenvalue weighted by atomic mass is 10.2. The van der Waals surface area contributed by atoms with Gasteiger partial charge in [-0.05, 0) is 17.7 Å². The lowest BCUT2D eigenvalue weighted by Gasteiger charge is -2.11. The molecule has 6 heteroatoms.